The number of rotatable bonds is 7. The Balaban J connectivity index is 2.38. The van der Waals surface area contributed by atoms with Crippen LogP contribution in [-0.2, 0) is 23.9 Å². The highest BCUT2D eigenvalue weighted by molar-refractivity contribution is 8.04. The van der Waals surface area contributed by atoms with Crippen molar-refractivity contribution in [3.63, 3.8) is 0 Å². The van der Waals surface area contributed by atoms with Crippen LogP contribution in [0.15, 0.2) is 34.1 Å². The molecule has 1 saturated heterocycles. The predicted octanol–water partition coefficient (Wildman–Crippen LogP) is 1.89. The van der Waals surface area contributed by atoms with Gasteiger partial charge in [0.1, 0.15) is 5.82 Å². The number of fused-ring (bicyclic) bond motifs is 1. The molecule has 1 fully saturated rings. The van der Waals surface area contributed by atoms with Gasteiger partial charge in [-0.2, -0.15) is 0 Å². The number of benzene rings is 1. The van der Waals surface area contributed by atoms with Crippen LogP contribution in [0.2, 0.25) is 0 Å². The maximum absolute atomic E-state index is 13.1. The average Bonchev–Trinajstić information content (AvgIpc) is 3.11. The minimum atomic E-state index is -1.01. The summed E-state index contributed by atoms with van der Waals surface area (Å²) in [6.07, 6.45) is 0. The molecule has 3 rings (SSSR count). The Labute approximate surface area is 195 Å². The molecule has 178 valence electrons. The molecular formula is C22H26N2O8S. The standard InChI is InChI=1S/C22H26N2O8S/c1-7-32-22(27)15-14(11-8-12(28-3)17(30-5)13(9-11)29-4)16(21(26)31-6)20-24(18(15)23)19(25)10(2)33-20/h8-10,14H,7,23H2,1-6H3/t10-,14-/m1/s1. The zero-order valence-corrected chi connectivity index (χ0v) is 20.0. The van der Waals surface area contributed by atoms with Crippen molar-refractivity contribution in [2.75, 3.05) is 35.0 Å². The molecule has 0 bridgehead atoms. The lowest BCUT2D eigenvalue weighted by atomic mass is 9.82. The molecule has 2 heterocycles. The molecule has 0 unspecified atom stereocenters. The third kappa shape index (κ3) is 3.97. The number of amides is 1. The molecule has 1 aromatic rings. The van der Waals surface area contributed by atoms with E-state index in [9.17, 15) is 14.4 Å². The van der Waals surface area contributed by atoms with Gasteiger partial charge in [0.25, 0.3) is 0 Å². The summed E-state index contributed by atoms with van der Waals surface area (Å²) in [6, 6.07) is 3.23. The molecule has 1 amide bonds. The Morgan fingerprint density at radius 3 is 2.12 bits per heavy atom. The summed E-state index contributed by atoms with van der Waals surface area (Å²) in [5.74, 6) is -1.97. The zero-order chi connectivity index (χ0) is 24.4. The van der Waals surface area contributed by atoms with Crippen molar-refractivity contribution in [2.45, 2.75) is 25.0 Å². The second-order valence-corrected chi connectivity index (χ2v) is 8.38. The molecule has 2 atom stereocenters. The van der Waals surface area contributed by atoms with Gasteiger partial charge in [-0.1, -0.05) is 11.8 Å². The summed E-state index contributed by atoms with van der Waals surface area (Å²) >= 11 is 1.17. The Kier molecular flexibility index (Phi) is 7.11. The van der Waals surface area contributed by atoms with Crippen LogP contribution in [0.3, 0.4) is 0 Å². The van der Waals surface area contributed by atoms with Crippen LogP contribution in [0, 0.1) is 0 Å². The number of nitrogens with zero attached hydrogens (tertiary/aromatic N) is 1. The fourth-order valence-electron chi connectivity index (χ4n) is 3.85. The molecule has 2 aliphatic heterocycles. The van der Waals surface area contributed by atoms with E-state index in [0.717, 1.165) is 0 Å². The van der Waals surface area contributed by atoms with Gasteiger partial charge < -0.3 is 29.4 Å². The van der Waals surface area contributed by atoms with Crippen molar-refractivity contribution < 1.29 is 38.1 Å². The minimum absolute atomic E-state index is 0.0571. The van der Waals surface area contributed by atoms with Crippen molar-refractivity contribution in [1.29, 1.82) is 0 Å². The quantitative estimate of drug-likeness (QED) is 0.581. The highest BCUT2D eigenvalue weighted by atomic mass is 32.2. The van der Waals surface area contributed by atoms with Gasteiger partial charge in [-0.05, 0) is 31.5 Å². The maximum atomic E-state index is 13.1. The summed E-state index contributed by atoms with van der Waals surface area (Å²) in [7, 11) is 5.59. The SMILES string of the molecule is CCOC(=O)C1=C(N)N2C(=O)[C@@H](C)SC2=C(C(=O)OC)[C@@H]1c1cc(OC)c(OC)c(OC)c1. The lowest BCUT2D eigenvalue weighted by Crippen LogP contribution is -2.40. The monoisotopic (exact) mass is 478 g/mol. The van der Waals surface area contributed by atoms with E-state index in [1.165, 1.54) is 45.1 Å². The highest BCUT2D eigenvalue weighted by Gasteiger charge is 2.49. The van der Waals surface area contributed by atoms with Gasteiger partial charge in [0, 0.05) is 0 Å². The second kappa shape index (κ2) is 9.65. The topological polar surface area (TPSA) is 127 Å². The van der Waals surface area contributed by atoms with Gasteiger partial charge in [0.2, 0.25) is 11.7 Å². The number of carbonyl (C=O) groups is 3. The van der Waals surface area contributed by atoms with Gasteiger partial charge in [0.15, 0.2) is 11.5 Å². The molecule has 2 N–H and O–H groups in total. The molecule has 0 radical (unpaired) electrons. The molecule has 2 aliphatic rings. The molecule has 0 saturated carbocycles. The largest absolute Gasteiger partial charge is 0.493 e. The van der Waals surface area contributed by atoms with Crippen molar-refractivity contribution in [2.24, 2.45) is 5.73 Å². The third-order valence-corrected chi connectivity index (χ3v) is 6.49. The first-order valence-electron chi connectivity index (χ1n) is 10.0. The predicted molar refractivity (Wildman–Crippen MR) is 120 cm³/mol. The third-order valence-electron chi connectivity index (χ3n) is 5.31. The van der Waals surface area contributed by atoms with Crippen LogP contribution in [-0.4, -0.2) is 63.0 Å². The first kappa shape index (κ1) is 24.3. The van der Waals surface area contributed by atoms with E-state index in [1.54, 1.807) is 26.0 Å². The van der Waals surface area contributed by atoms with Gasteiger partial charge in [-0.25, -0.2) is 9.59 Å². The fraction of sp³-hybridized carbons (Fsp3) is 0.409. The van der Waals surface area contributed by atoms with Crippen molar-refractivity contribution >= 4 is 29.6 Å². The molecular weight excluding hydrogens is 452 g/mol. The highest BCUT2D eigenvalue weighted by Crippen LogP contribution is 2.51. The van der Waals surface area contributed by atoms with Crippen molar-refractivity contribution in [3.05, 3.63) is 39.7 Å². The normalized spacial score (nSPS) is 19.9. The van der Waals surface area contributed by atoms with Gasteiger partial charge in [0.05, 0.1) is 62.4 Å². The molecule has 33 heavy (non-hydrogen) atoms. The van der Waals surface area contributed by atoms with Crippen LogP contribution >= 0.6 is 11.8 Å². The number of esters is 2. The minimum Gasteiger partial charge on any atom is -0.493 e. The number of thioether (sulfide) groups is 1. The van der Waals surface area contributed by atoms with Crippen LogP contribution in [0.5, 0.6) is 17.2 Å². The average molecular weight is 479 g/mol. The number of nitrogens with two attached hydrogens (primary N) is 1. The molecule has 0 aromatic heterocycles. The van der Waals surface area contributed by atoms with Crippen LogP contribution < -0.4 is 19.9 Å². The molecule has 0 aliphatic carbocycles. The number of ether oxygens (including phenoxy) is 5. The van der Waals surface area contributed by atoms with Crippen LogP contribution in [0.4, 0.5) is 0 Å². The van der Waals surface area contributed by atoms with E-state index in [2.05, 4.69) is 0 Å². The van der Waals surface area contributed by atoms with E-state index in [1.807, 2.05) is 0 Å². The first-order valence-corrected chi connectivity index (χ1v) is 10.9. The zero-order valence-electron chi connectivity index (χ0n) is 19.2. The maximum Gasteiger partial charge on any atom is 0.338 e. The Morgan fingerprint density at radius 1 is 1.03 bits per heavy atom. The molecule has 0 spiro atoms. The smallest absolute Gasteiger partial charge is 0.338 e. The molecule has 10 nitrogen and oxygen atoms in total. The van der Waals surface area contributed by atoms with Crippen molar-refractivity contribution in [3.8, 4) is 17.2 Å². The summed E-state index contributed by atoms with van der Waals surface area (Å²) in [6.45, 7) is 3.41. The van der Waals surface area contributed by atoms with Crippen LogP contribution in [0.25, 0.3) is 0 Å². The summed E-state index contributed by atoms with van der Waals surface area (Å²) in [4.78, 5) is 40.2. The number of carbonyl (C=O) groups excluding carboxylic acids is 3. The van der Waals surface area contributed by atoms with E-state index >= 15 is 0 Å². The summed E-state index contributed by atoms with van der Waals surface area (Å²) in [5.41, 5.74) is 6.85. The second-order valence-electron chi connectivity index (χ2n) is 7.06. The van der Waals surface area contributed by atoms with Crippen LogP contribution in [0.1, 0.15) is 25.3 Å². The van der Waals surface area contributed by atoms with Gasteiger partial charge in [-0.3, -0.25) is 9.69 Å². The lowest BCUT2D eigenvalue weighted by molar-refractivity contribution is -0.139. The summed E-state index contributed by atoms with van der Waals surface area (Å²) in [5, 5.41) is -0.205. The van der Waals surface area contributed by atoms with Gasteiger partial charge >= 0.3 is 11.9 Å². The first-order chi connectivity index (χ1) is 15.7. The van der Waals surface area contributed by atoms with E-state index in [0.29, 0.717) is 27.8 Å². The van der Waals surface area contributed by atoms with Gasteiger partial charge in [-0.15, -0.1) is 0 Å². The Bertz CT molecular complexity index is 1040. The van der Waals surface area contributed by atoms with Crippen molar-refractivity contribution in [1.82, 2.24) is 4.90 Å². The van der Waals surface area contributed by atoms with E-state index in [4.69, 9.17) is 29.4 Å². The lowest BCUT2D eigenvalue weighted by Gasteiger charge is -2.33. The molecule has 11 heteroatoms. The Morgan fingerprint density at radius 2 is 1.64 bits per heavy atom. The Hall–Kier alpha value is -3.34. The fourth-order valence-corrected chi connectivity index (χ4v) is 5.01. The number of methoxy groups -OCH3 is 4. The number of hydrogen-bond acceptors (Lipinski definition) is 10. The summed E-state index contributed by atoms with van der Waals surface area (Å²) < 4.78 is 26.6. The van der Waals surface area contributed by atoms with E-state index in [-0.39, 0.29) is 29.5 Å². The molecule has 1 aromatic carbocycles. The number of hydrogen-bond donors (Lipinski definition) is 1. The van der Waals surface area contributed by atoms with E-state index < -0.39 is 23.1 Å².